The second-order valence-electron chi connectivity index (χ2n) is 6.20. The Morgan fingerprint density at radius 2 is 1.79 bits per heavy atom. The molecule has 1 aromatic carbocycles. The van der Waals surface area contributed by atoms with Crippen LogP contribution >= 0.6 is 22.9 Å². The predicted molar refractivity (Wildman–Crippen MR) is 121 cm³/mol. The summed E-state index contributed by atoms with van der Waals surface area (Å²) in [6.07, 6.45) is 4.83. The molecule has 0 atom stereocenters. The average molecular weight is 453 g/mol. The van der Waals surface area contributed by atoms with Gasteiger partial charge in [-0.1, -0.05) is 43.7 Å². The molecule has 29 heavy (non-hydrogen) atoms. The number of hydrogen-bond donors (Lipinski definition) is 0. The molecule has 5 nitrogen and oxygen atoms in total. The van der Waals surface area contributed by atoms with Crippen molar-refractivity contribution in [3.8, 4) is 0 Å². The summed E-state index contributed by atoms with van der Waals surface area (Å²) in [5, 5.41) is 0. The van der Waals surface area contributed by atoms with Crippen LogP contribution < -0.4 is 0 Å². The first-order valence-corrected chi connectivity index (χ1v) is 11.9. The average Bonchev–Trinajstić information content (AvgIpc) is 3.11. The predicted octanol–water partition coefficient (Wildman–Crippen LogP) is 4.66. The molecule has 0 fully saturated rings. The van der Waals surface area contributed by atoms with Gasteiger partial charge < -0.3 is 4.90 Å². The molecule has 0 aliphatic rings. The number of carbonyl (C=O) groups excluding carboxylic acids is 1. The fraction of sp³-hybridized carbons (Fsp3) is 0.286. The number of carbonyl (C=O) groups is 1. The van der Waals surface area contributed by atoms with Crippen molar-refractivity contribution in [2.24, 2.45) is 0 Å². The Morgan fingerprint density at radius 3 is 2.31 bits per heavy atom. The number of sulfonamides is 1. The lowest BCUT2D eigenvalue weighted by Gasteiger charge is -2.19. The van der Waals surface area contributed by atoms with Gasteiger partial charge >= 0.3 is 0 Å². The quantitative estimate of drug-likeness (QED) is 0.389. The lowest BCUT2D eigenvalue weighted by atomic mass is 10.2. The number of thiophene rings is 1. The van der Waals surface area contributed by atoms with Crippen molar-refractivity contribution in [2.75, 3.05) is 19.6 Å². The summed E-state index contributed by atoms with van der Waals surface area (Å²) in [4.78, 5) is 15.5. The SMILES string of the molecule is C=CCN(Cc1ccc(Cl)s1)C(=O)/C=C/c1ccc(S(=O)(=O)N(CC)CC)cc1. The summed E-state index contributed by atoms with van der Waals surface area (Å²) in [7, 11) is -3.49. The van der Waals surface area contributed by atoms with Gasteiger partial charge in [0.2, 0.25) is 15.9 Å². The van der Waals surface area contributed by atoms with Crippen molar-refractivity contribution in [3.63, 3.8) is 0 Å². The molecule has 2 rings (SSSR count). The van der Waals surface area contributed by atoms with E-state index in [9.17, 15) is 13.2 Å². The molecule has 1 amide bonds. The largest absolute Gasteiger partial charge is 0.330 e. The summed E-state index contributed by atoms with van der Waals surface area (Å²) in [6, 6.07) is 10.2. The Kier molecular flexibility index (Phi) is 8.64. The third kappa shape index (κ3) is 6.27. The van der Waals surface area contributed by atoms with Crippen molar-refractivity contribution >= 4 is 44.9 Å². The van der Waals surface area contributed by atoms with Gasteiger partial charge in [-0.2, -0.15) is 4.31 Å². The molecule has 0 radical (unpaired) electrons. The molecule has 0 aliphatic heterocycles. The molecule has 0 N–H and O–H groups in total. The molecule has 2 aromatic rings. The number of halogens is 1. The molecule has 1 heterocycles. The molecule has 156 valence electrons. The second-order valence-corrected chi connectivity index (χ2v) is 9.94. The molecule has 0 bridgehead atoms. The maximum Gasteiger partial charge on any atom is 0.247 e. The van der Waals surface area contributed by atoms with E-state index in [-0.39, 0.29) is 10.8 Å². The highest BCUT2D eigenvalue weighted by Gasteiger charge is 2.21. The van der Waals surface area contributed by atoms with E-state index < -0.39 is 10.0 Å². The summed E-state index contributed by atoms with van der Waals surface area (Å²) in [5.41, 5.74) is 0.745. The summed E-state index contributed by atoms with van der Waals surface area (Å²) < 4.78 is 27.2. The zero-order valence-corrected chi connectivity index (χ0v) is 18.9. The van der Waals surface area contributed by atoms with Crippen LogP contribution in [0.1, 0.15) is 24.3 Å². The van der Waals surface area contributed by atoms with E-state index >= 15 is 0 Å². The van der Waals surface area contributed by atoms with Crippen LogP contribution in [0.15, 0.2) is 60.0 Å². The molecule has 0 spiro atoms. The van der Waals surface area contributed by atoms with Crippen molar-refractivity contribution in [1.29, 1.82) is 0 Å². The van der Waals surface area contributed by atoms with E-state index in [2.05, 4.69) is 6.58 Å². The Bertz CT molecular complexity index is 962. The van der Waals surface area contributed by atoms with Crippen LogP contribution in [0.2, 0.25) is 4.34 Å². The molecule has 0 saturated carbocycles. The van der Waals surface area contributed by atoms with Gasteiger partial charge in [-0.15, -0.1) is 17.9 Å². The van der Waals surface area contributed by atoms with E-state index in [1.807, 2.05) is 26.0 Å². The molecule has 1 aromatic heterocycles. The van der Waals surface area contributed by atoms with Crippen LogP contribution in [0.3, 0.4) is 0 Å². The molecular formula is C21H25ClN2O3S2. The number of nitrogens with zero attached hydrogens (tertiary/aromatic N) is 2. The fourth-order valence-electron chi connectivity index (χ4n) is 2.75. The monoisotopic (exact) mass is 452 g/mol. The Balaban J connectivity index is 2.11. The molecule has 0 unspecified atom stereocenters. The third-order valence-electron chi connectivity index (χ3n) is 4.28. The summed E-state index contributed by atoms with van der Waals surface area (Å²) in [5.74, 6) is -0.158. The van der Waals surface area contributed by atoms with Gasteiger partial charge in [0.15, 0.2) is 0 Å². The van der Waals surface area contributed by atoms with E-state index in [1.165, 1.54) is 21.7 Å². The first kappa shape index (κ1) is 23.3. The van der Waals surface area contributed by atoms with Gasteiger partial charge in [0.1, 0.15) is 0 Å². The topological polar surface area (TPSA) is 57.7 Å². The van der Waals surface area contributed by atoms with E-state index in [1.54, 1.807) is 41.3 Å². The lowest BCUT2D eigenvalue weighted by Crippen LogP contribution is -2.30. The van der Waals surface area contributed by atoms with Crippen molar-refractivity contribution in [1.82, 2.24) is 9.21 Å². The van der Waals surface area contributed by atoms with Crippen molar-refractivity contribution in [2.45, 2.75) is 25.3 Å². The smallest absolute Gasteiger partial charge is 0.247 e. The van der Waals surface area contributed by atoms with Gasteiger partial charge in [-0.3, -0.25) is 4.79 Å². The zero-order valence-electron chi connectivity index (χ0n) is 16.5. The zero-order chi connectivity index (χ0) is 21.4. The van der Waals surface area contributed by atoms with Crippen molar-refractivity contribution in [3.05, 3.63) is 69.9 Å². The van der Waals surface area contributed by atoms with Gasteiger partial charge in [0.25, 0.3) is 0 Å². The minimum absolute atomic E-state index is 0.158. The Morgan fingerprint density at radius 1 is 1.14 bits per heavy atom. The van der Waals surface area contributed by atoms with Crippen LogP contribution in [0.25, 0.3) is 6.08 Å². The highest BCUT2D eigenvalue weighted by molar-refractivity contribution is 7.89. The normalized spacial score (nSPS) is 11.9. The number of benzene rings is 1. The minimum atomic E-state index is -3.49. The highest BCUT2D eigenvalue weighted by Crippen LogP contribution is 2.23. The highest BCUT2D eigenvalue weighted by atomic mass is 35.5. The first-order chi connectivity index (χ1) is 13.8. The number of hydrogen-bond acceptors (Lipinski definition) is 4. The van der Waals surface area contributed by atoms with Crippen LogP contribution in [-0.2, 0) is 21.4 Å². The molecule has 0 aliphatic carbocycles. The fourth-order valence-corrected chi connectivity index (χ4v) is 5.31. The molecular weight excluding hydrogens is 428 g/mol. The maximum atomic E-state index is 12.6. The minimum Gasteiger partial charge on any atom is -0.330 e. The first-order valence-electron chi connectivity index (χ1n) is 9.24. The van der Waals surface area contributed by atoms with E-state index in [0.717, 1.165) is 10.4 Å². The Labute approximate surface area is 182 Å². The summed E-state index contributed by atoms with van der Waals surface area (Å²) >= 11 is 7.40. The second kappa shape index (κ2) is 10.7. The Hall–Kier alpha value is -1.93. The van der Waals surface area contributed by atoms with E-state index in [0.29, 0.717) is 30.5 Å². The standard InChI is InChI=1S/C21H25ClN2O3S2/c1-4-15-23(16-18-10-13-20(22)28-18)21(25)14-9-17-7-11-19(12-8-17)29(26,27)24(5-2)6-3/h4,7-14H,1,5-6,15-16H2,2-3H3/b14-9+. The lowest BCUT2D eigenvalue weighted by molar-refractivity contribution is -0.126. The van der Waals surface area contributed by atoms with Crippen LogP contribution in [0, 0.1) is 0 Å². The molecule has 8 heteroatoms. The number of amides is 1. The van der Waals surface area contributed by atoms with Crippen molar-refractivity contribution < 1.29 is 13.2 Å². The third-order valence-corrected chi connectivity index (χ3v) is 7.56. The van der Waals surface area contributed by atoms with Crippen LogP contribution in [0.5, 0.6) is 0 Å². The van der Waals surface area contributed by atoms with Gasteiger partial charge in [-0.25, -0.2) is 8.42 Å². The maximum absolute atomic E-state index is 12.6. The van der Waals surface area contributed by atoms with Crippen LogP contribution in [0.4, 0.5) is 0 Å². The number of rotatable bonds is 10. The molecule has 0 saturated heterocycles. The van der Waals surface area contributed by atoms with Gasteiger partial charge in [0, 0.05) is 30.6 Å². The summed E-state index contributed by atoms with van der Waals surface area (Å²) in [6.45, 7) is 9.03. The van der Waals surface area contributed by atoms with Crippen LogP contribution in [-0.4, -0.2) is 43.2 Å². The van der Waals surface area contributed by atoms with E-state index in [4.69, 9.17) is 11.6 Å². The van der Waals surface area contributed by atoms with Gasteiger partial charge in [0.05, 0.1) is 15.8 Å². The van der Waals surface area contributed by atoms with Gasteiger partial charge in [-0.05, 0) is 35.9 Å².